The zero-order valence-electron chi connectivity index (χ0n) is 8.51. The Hall–Kier alpha value is -2.23. The molecule has 4 heteroatoms. The zero-order chi connectivity index (χ0) is 11.4. The van der Waals surface area contributed by atoms with Crippen LogP contribution in [0.3, 0.4) is 0 Å². The summed E-state index contributed by atoms with van der Waals surface area (Å²) in [5, 5.41) is 2.58. The second-order valence-electron chi connectivity index (χ2n) is 3.33. The average Bonchev–Trinajstić information content (AvgIpc) is 2.14. The average molecular weight is 214 g/mol. The van der Waals surface area contributed by atoms with Crippen molar-refractivity contribution >= 4 is 17.6 Å². The molecule has 0 fully saturated rings. The summed E-state index contributed by atoms with van der Waals surface area (Å²) >= 11 is 0. The second-order valence-corrected chi connectivity index (χ2v) is 3.33. The summed E-state index contributed by atoms with van der Waals surface area (Å²) in [4.78, 5) is 26.1. The number of nitrogens with zero attached hydrogens (tertiary/aromatic N) is 1. The minimum Gasteiger partial charge on any atom is -0.310 e. The maximum Gasteiger partial charge on any atom is 0.257 e. The van der Waals surface area contributed by atoms with E-state index in [1.165, 1.54) is 0 Å². The number of hydrogen-bond donors (Lipinski definition) is 1. The molecule has 1 heterocycles. The molecule has 0 spiro atoms. The van der Waals surface area contributed by atoms with Crippen LogP contribution >= 0.6 is 0 Å². The molecule has 2 amide bonds. The molecule has 0 aromatic heterocycles. The van der Waals surface area contributed by atoms with Crippen molar-refractivity contribution in [2.45, 2.75) is 6.42 Å². The van der Waals surface area contributed by atoms with Gasteiger partial charge in [-0.2, -0.15) is 4.99 Å². The van der Waals surface area contributed by atoms with E-state index in [1.807, 2.05) is 30.4 Å². The Morgan fingerprint density at radius 1 is 1.06 bits per heavy atom. The van der Waals surface area contributed by atoms with Crippen LogP contribution in [0.2, 0.25) is 0 Å². The fourth-order valence-corrected chi connectivity index (χ4v) is 1.37. The number of amides is 2. The number of carbonyl (C=O) groups excluding carboxylic acids is 2. The van der Waals surface area contributed by atoms with E-state index in [4.69, 9.17) is 0 Å². The van der Waals surface area contributed by atoms with E-state index in [0.29, 0.717) is 11.4 Å². The number of aliphatic imine (C=N–C) groups is 1. The summed E-state index contributed by atoms with van der Waals surface area (Å²) < 4.78 is 0. The topological polar surface area (TPSA) is 58.5 Å². The van der Waals surface area contributed by atoms with E-state index in [0.717, 1.165) is 0 Å². The van der Waals surface area contributed by atoms with Crippen LogP contribution in [0.1, 0.15) is 6.42 Å². The first-order chi connectivity index (χ1) is 7.75. The normalized spacial score (nSPS) is 23.8. The number of nitrogens with one attached hydrogen (secondary N) is 1. The van der Waals surface area contributed by atoms with Crippen LogP contribution < -0.4 is 5.32 Å². The smallest absolute Gasteiger partial charge is 0.257 e. The van der Waals surface area contributed by atoms with Crippen molar-refractivity contribution in [3.8, 4) is 0 Å². The summed E-state index contributed by atoms with van der Waals surface area (Å²) in [7, 11) is 0. The van der Waals surface area contributed by atoms with Crippen LogP contribution in [-0.2, 0) is 9.59 Å². The van der Waals surface area contributed by atoms with Gasteiger partial charge >= 0.3 is 0 Å². The Balaban J connectivity index is 2.30. The molecule has 1 aliphatic heterocycles. The van der Waals surface area contributed by atoms with Gasteiger partial charge in [-0.3, -0.25) is 9.59 Å². The minimum atomic E-state index is -0.408. The van der Waals surface area contributed by atoms with Gasteiger partial charge in [0.1, 0.15) is 12.3 Å². The van der Waals surface area contributed by atoms with E-state index in [1.54, 1.807) is 12.2 Å². The maximum absolute atomic E-state index is 11.2. The fourth-order valence-electron chi connectivity index (χ4n) is 1.37. The second kappa shape index (κ2) is 4.53. The third-order valence-corrected chi connectivity index (χ3v) is 2.08. The van der Waals surface area contributed by atoms with E-state index in [9.17, 15) is 9.59 Å². The highest BCUT2D eigenvalue weighted by Gasteiger charge is 2.19. The molecular weight excluding hydrogens is 204 g/mol. The van der Waals surface area contributed by atoms with Gasteiger partial charge in [0.25, 0.3) is 5.91 Å². The molecule has 0 bridgehead atoms. The molecule has 16 heavy (non-hydrogen) atoms. The number of allylic oxidation sites excluding steroid dienone is 6. The molecule has 0 saturated carbocycles. The molecule has 0 aromatic rings. The molecule has 0 unspecified atom stereocenters. The predicted octanol–water partition coefficient (Wildman–Crippen LogP) is 1.04. The van der Waals surface area contributed by atoms with Crippen molar-refractivity contribution in [3.05, 3.63) is 48.1 Å². The quantitative estimate of drug-likeness (QED) is 0.663. The molecule has 0 atom stereocenters. The van der Waals surface area contributed by atoms with Crippen molar-refractivity contribution in [3.63, 3.8) is 0 Å². The van der Waals surface area contributed by atoms with Crippen molar-refractivity contribution in [1.29, 1.82) is 0 Å². The molecule has 0 radical (unpaired) electrons. The molecule has 2 rings (SSSR count). The van der Waals surface area contributed by atoms with Crippen molar-refractivity contribution in [2.75, 3.05) is 0 Å². The highest BCUT2D eigenvalue weighted by molar-refractivity contribution is 6.20. The standard InChI is InChI=1S/C12H10N2O2/c15-10-8-11(16)14-12(13-10)9-6-4-2-1-3-5-7-9/h1-7H,8H2,(H,13,14,15,16)/b2-1-,3-1?,4-2?,5-3-,6-4?,7-5?,9-6?,9-7?. The van der Waals surface area contributed by atoms with Crippen LogP contribution in [0, 0.1) is 0 Å². The van der Waals surface area contributed by atoms with Gasteiger partial charge in [0.2, 0.25) is 5.91 Å². The summed E-state index contributed by atoms with van der Waals surface area (Å²) in [5.74, 6) is -0.405. The lowest BCUT2D eigenvalue weighted by Gasteiger charge is -2.12. The lowest BCUT2D eigenvalue weighted by Crippen LogP contribution is -2.37. The summed E-state index contributed by atoms with van der Waals surface area (Å²) in [6.07, 6.45) is 12.7. The van der Waals surface area contributed by atoms with E-state index < -0.39 is 5.91 Å². The van der Waals surface area contributed by atoms with Crippen LogP contribution in [0.5, 0.6) is 0 Å². The largest absolute Gasteiger partial charge is 0.310 e. The van der Waals surface area contributed by atoms with Crippen molar-refractivity contribution in [2.24, 2.45) is 4.99 Å². The monoisotopic (exact) mass is 214 g/mol. The fraction of sp³-hybridized carbons (Fsp3) is 0.0833. The lowest BCUT2D eigenvalue weighted by atomic mass is 10.1. The Morgan fingerprint density at radius 2 is 1.81 bits per heavy atom. The minimum absolute atomic E-state index is 0.170. The van der Waals surface area contributed by atoms with Crippen molar-refractivity contribution < 1.29 is 9.59 Å². The van der Waals surface area contributed by atoms with Gasteiger partial charge in [-0.1, -0.05) is 42.5 Å². The van der Waals surface area contributed by atoms with Crippen molar-refractivity contribution in [1.82, 2.24) is 5.32 Å². The molecule has 1 aliphatic carbocycles. The molecular formula is C12H10N2O2. The van der Waals surface area contributed by atoms with Gasteiger partial charge in [0.05, 0.1) is 0 Å². The van der Waals surface area contributed by atoms with E-state index in [-0.39, 0.29) is 12.3 Å². The van der Waals surface area contributed by atoms with E-state index in [2.05, 4.69) is 10.3 Å². The van der Waals surface area contributed by atoms with Gasteiger partial charge in [-0.25, -0.2) is 0 Å². The Labute approximate surface area is 92.8 Å². The van der Waals surface area contributed by atoms with Gasteiger partial charge in [0, 0.05) is 5.57 Å². The van der Waals surface area contributed by atoms with Gasteiger partial charge in [0.15, 0.2) is 0 Å². The van der Waals surface area contributed by atoms with Crippen LogP contribution in [0.15, 0.2) is 53.1 Å². The highest BCUT2D eigenvalue weighted by atomic mass is 16.2. The Morgan fingerprint density at radius 3 is 2.62 bits per heavy atom. The molecule has 0 saturated heterocycles. The molecule has 80 valence electrons. The zero-order valence-corrected chi connectivity index (χ0v) is 8.51. The number of amidine groups is 1. The molecule has 0 aromatic carbocycles. The maximum atomic E-state index is 11.2. The first-order valence-electron chi connectivity index (χ1n) is 4.89. The first-order valence-corrected chi connectivity index (χ1v) is 4.89. The van der Waals surface area contributed by atoms with Crippen LogP contribution in [0.4, 0.5) is 0 Å². The van der Waals surface area contributed by atoms with Gasteiger partial charge in [-0.15, -0.1) is 0 Å². The molecule has 1 N–H and O–H groups in total. The molecule has 2 aliphatic rings. The van der Waals surface area contributed by atoms with Gasteiger partial charge < -0.3 is 5.32 Å². The SMILES string of the molecule is O=C1CC(=O)NC(C2=C/C=C\C=C/C=C2)=N1. The molecule has 4 nitrogen and oxygen atoms in total. The number of rotatable bonds is 1. The highest BCUT2D eigenvalue weighted by Crippen LogP contribution is 2.07. The third-order valence-electron chi connectivity index (χ3n) is 2.08. The number of hydrogen-bond acceptors (Lipinski definition) is 2. The van der Waals surface area contributed by atoms with Gasteiger partial charge in [-0.05, 0) is 0 Å². The summed E-state index contributed by atoms with van der Waals surface area (Å²) in [6, 6.07) is 0. The summed E-state index contributed by atoms with van der Waals surface area (Å²) in [5.41, 5.74) is 0.710. The first kappa shape index (κ1) is 10.3. The van der Waals surface area contributed by atoms with Crippen LogP contribution in [-0.4, -0.2) is 17.6 Å². The summed E-state index contributed by atoms with van der Waals surface area (Å²) in [6.45, 7) is 0. The van der Waals surface area contributed by atoms with E-state index >= 15 is 0 Å². The third kappa shape index (κ3) is 2.42. The van der Waals surface area contributed by atoms with Crippen LogP contribution in [0.25, 0.3) is 0 Å². The lowest BCUT2D eigenvalue weighted by molar-refractivity contribution is -0.127. The number of carbonyl (C=O) groups is 2. The predicted molar refractivity (Wildman–Crippen MR) is 60.7 cm³/mol. The Bertz CT molecular complexity index is 479. The Kier molecular flexibility index (Phi) is 2.91.